The second-order valence-electron chi connectivity index (χ2n) is 7.95. The van der Waals surface area contributed by atoms with E-state index >= 15 is 0 Å². The smallest absolute Gasteiger partial charge is 0.226 e. The number of anilines is 1. The number of hydrogen-bond donors (Lipinski definition) is 1. The van der Waals surface area contributed by atoms with E-state index < -0.39 is 0 Å². The summed E-state index contributed by atoms with van der Waals surface area (Å²) in [5, 5.41) is 4.62. The number of nitrogens with zero attached hydrogens (tertiary/aromatic N) is 4. The van der Waals surface area contributed by atoms with Crippen LogP contribution in [0.3, 0.4) is 0 Å². The van der Waals surface area contributed by atoms with Crippen molar-refractivity contribution in [2.75, 3.05) is 18.0 Å². The first kappa shape index (κ1) is 21.6. The zero-order chi connectivity index (χ0) is 22.8. The molecule has 0 saturated carbocycles. The molecule has 1 amide bonds. The maximum absolute atomic E-state index is 12.7. The molecule has 0 aliphatic carbocycles. The van der Waals surface area contributed by atoms with E-state index in [-0.39, 0.29) is 11.8 Å². The van der Waals surface area contributed by atoms with E-state index in [2.05, 4.69) is 25.2 Å². The molecule has 2 aromatic heterocycles. The quantitative estimate of drug-likeness (QED) is 0.425. The molecule has 1 aliphatic rings. The van der Waals surface area contributed by atoms with Crippen molar-refractivity contribution in [2.24, 2.45) is 5.92 Å². The second-order valence-corrected chi connectivity index (χ2v) is 9.45. The lowest BCUT2D eigenvalue weighted by Gasteiger charge is -2.39. The zero-order valence-electron chi connectivity index (χ0n) is 18.0. The van der Waals surface area contributed by atoms with Crippen LogP contribution >= 0.6 is 22.9 Å². The van der Waals surface area contributed by atoms with Crippen LogP contribution in [-0.2, 0) is 11.3 Å². The van der Waals surface area contributed by atoms with E-state index in [4.69, 9.17) is 11.6 Å². The number of aryl methyl sites for hydroxylation is 1. The average molecular weight is 476 g/mol. The van der Waals surface area contributed by atoms with Gasteiger partial charge in [0.05, 0.1) is 28.9 Å². The van der Waals surface area contributed by atoms with Gasteiger partial charge >= 0.3 is 0 Å². The predicted octanol–water partition coefficient (Wildman–Crippen LogP) is 4.98. The van der Waals surface area contributed by atoms with E-state index in [1.807, 2.05) is 67.6 Å². The summed E-state index contributed by atoms with van der Waals surface area (Å²) in [5.74, 6) is 0.836. The lowest BCUT2D eigenvalue weighted by molar-refractivity contribution is -0.125. The van der Waals surface area contributed by atoms with Gasteiger partial charge in [0.2, 0.25) is 5.91 Å². The second kappa shape index (κ2) is 9.29. The van der Waals surface area contributed by atoms with Crippen LogP contribution in [0.2, 0.25) is 5.02 Å². The number of carbonyl (C=O) groups excluding carboxylic acids is 1. The fourth-order valence-electron chi connectivity index (χ4n) is 3.77. The highest BCUT2D eigenvalue weighted by Crippen LogP contribution is 2.33. The number of nitrogens with one attached hydrogen (secondary N) is 1. The Bertz CT molecular complexity index is 1290. The van der Waals surface area contributed by atoms with Crippen molar-refractivity contribution in [2.45, 2.75) is 13.5 Å². The van der Waals surface area contributed by atoms with Crippen molar-refractivity contribution < 1.29 is 4.79 Å². The standard InChI is InChI=1S/C25H22ClN5OS/c1-16-22(33-25(30-16)19-9-5-6-10-20(19)26)12-27-24(32)18-13-31(14-18)23-11-21(28-15-29-23)17-7-3-2-4-8-17/h2-11,15,18H,12-14H2,1H3,(H,27,32). The molecule has 2 aromatic carbocycles. The summed E-state index contributed by atoms with van der Waals surface area (Å²) in [6.07, 6.45) is 1.58. The summed E-state index contributed by atoms with van der Waals surface area (Å²) in [6, 6.07) is 19.7. The average Bonchev–Trinajstić information content (AvgIpc) is 3.18. The molecule has 8 heteroatoms. The fourth-order valence-corrected chi connectivity index (χ4v) is 5.09. The normalized spacial score (nSPS) is 13.6. The first-order chi connectivity index (χ1) is 16.1. The minimum absolute atomic E-state index is 0.0516. The molecule has 4 aromatic rings. The van der Waals surface area contributed by atoms with Gasteiger partial charge in [0.15, 0.2) is 0 Å². The van der Waals surface area contributed by atoms with E-state index in [1.165, 1.54) is 0 Å². The van der Waals surface area contributed by atoms with Crippen molar-refractivity contribution in [1.29, 1.82) is 0 Å². The Morgan fingerprint density at radius 2 is 1.88 bits per heavy atom. The van der Waals surface area contributed by atoms with Gasteiger partial charge in [0, 0.05) is 35.2 Å². The van der Waals surface area contributed by atoms with Crippen LogP contribution in [0.5, 0.6) is 0 Å². The number of amides is 1. The van der Waals surface area contributed by atoms with Gasteiger partial charge in [-0.05, 0) is 13.0 Å². The lowest BCUT2D eigenvalue weighted by atomic mass is 9.99. The molecule has 0 bridgehead atoms. The lowest BCUT2D eigenvalue weighted by Crippen LogP contribution is -2.54. The van der Waals surface area contributed by atoms with Crippen LogP contribution in [0.4, 0.5) is 5.82 Å². The summed E-state index contributed by atoms with van der Waals surface area (Å²) >= 11 is 7.87. The number of benzene rings is 2. The molecule has 5 rings (SSSR count). The molecule has 1 fully saturated rings. The van der Waals surface area contributed by atoms with Crippen molar-refractivity contribution in [3.63, 3.8) is 0 Å². The first-order valence-corrected chi connectivity index (χ1v) is 11.9. The molecule has 0 radical (unpaired) electrons. The highest BCUT2D eigenvalue weighted by atomic mass is 35.5. The summed E-state index contributed by atoms with van der Waals surface area (Å²) in [4.78, 5) is 29.3. The Labute approximate surface area is 201 Å². The Hall–Kier alpha value is -3.29. The zero-order valence-corrected chi connectivity index (χ0v) is 19.6. The molecular formula is C25H22ClN5OS. The van der Waals surface area contributed by atoms with Crippen LogP contribution in [0.15, 0.2) is 67.0 Å². The highest BCUT2D eigenvalue weighted by Gasteiger charge is 2.33. The molecule has 166 valence electrons. The van der Waals surface area contributed by atoms with Crippen LogP contribution in [0, 0.1) is 12.8 Å². The van der Waals surface area contributed by atoms with Gasteiger partial charge in [0.25, 0.3) is 0 Å². The van der Waals surface area contributed by atoms with Gasteiger partial charge in [-0.3, -0.25) is 4.79 Å². The number of aromatic nitrogens is 3. The third-order valence-corrected chi connectivity index (χ3v) is 7.24. The van der Waals surface area contributed by atoms with Crippen LogP contribution < -0.4 is 10.2 Å². The van der Waals surface area contributed by atoms with Gasteiger partial charge in [-0.2, -0.15) is 0 Å². The monoisotopic (exact) mass is 475 g/mol. The Morgan fingerprint density at radius 1 is 1.12 bits per heavy atom. The van der Waals surface area contributed by atoms with Crippen molar-refractivity contribution in [3.8, 4) is 21.8 Å². The summed E-state index contributed by atoms with van der Waals surface area (Å²) < 4.78 is 0. The Morgan fingerprint density at radius 3 is 2.67 bits per heavy atom. The largest absolute Gasteiger partial charge is 0.355 e. The molecule has 0 spiro atoms. The van der Waals surface area contributed by atoms with Gasteiger partial charge < -0.3 is 10.2 Å². The van der Waals surface area contributed by atoms with E-state index in [9.17, 15) is 4.79 Å². The fraction of sp³-hybridized carbons (Fsp3) is 0.200. The molecule has 1 aliphatic heterocycles. The van der Waals surface area contributed by atoms with Crippen LogP contribution in [0.25, 0.3) is 21.8 Å². The van der Waals surface area contributed by atoms with E-state index in [1.54, 1.807) is 17.7 Å². The predicted molar refractivity (Wildman–Crippen MR) is 132 cm³/mol. The highest BCUT2D eigenvalue weighted by molar-refractivity contribution is 7.15. The van der Waals surface area contributed by atoms with Gasteiger partial charge in [-0.1, -0.05) is 60.1 Å². The van der Waals surface area contributed by atoms with Gasteiger partial charge in [-0.15, -0.1) is 11.3 Å². The molecular weight excluding hydrogens is 454 g/mol. The minimum Gasteiger partial charge on any atom is -0.355 e. The minimum atomic E-state index is -0.0589. The molecule has 1 N–H and O–H groups in total. The Kier molecular flexibility index (Phi) is 6.07. The molecule has 0 atom stereocenters. The molecule has 3 heterocycles. The SMILES string of the molecule is Cc1nc(-c2ccccc2Cl)sc1CNC(=O)C1CN(c2cc(-c3ccccc3)ncn2)C1. The molecule has 33 heavy (non-hydrogen) atoms. The number of thiazole rings is 1. The van der Waals surface area contributed by atoms with Crippen molar-refractivity contribution in [1.82, 2.24) is 20.3 Å². The topological polar surface area (TPSA) is 71.0 Å². The van der Waals surface area contributed by atoms with E-state index in [0.717, 1.165) is 38.2 Å². The maximum Gasteiger partial charge on any atom is 0.226 e. The van der Waals surface area contributed by atoms with Gasteiger partial charge in [-0.25, -0.2) is 15.0 Å². The van der Waals surface area contributed by atoms with E-state index in [0.29, 0.717) is 24.7 Å². The number of rotatable bonds is 6. The summed E-state index contributed by atoms with van der Waals surface area (Å²) in [5.41, 5.74) is 3.76. The van der Waals surface area contributed by atoms with Crippen LogP contribution in [0.1, 0.15) is 10.6 Å². The number of carbonyl (C=O) groups is 1. The number of hydrogen-bond acceptors (Lipinski definition) is 6. The van der Waals surface area contributed by atoms with Crippen LogP contribution in [-0.4, -0.2) is 33.9 Å². The first-order valence-electron chi connectivity index (χ1n) is 10.7. The summed E-state index contributed by atoms with van der Waals surface area (Å²) in [6.45, 7) is 3.71. The van der Waals surface area contributed by atoms with Crippen molar-refractivity contribution in [3.05, 3.63) is 82.6 Å². The molecule has 0 unspecified atom stereocenters. The van der Waals surface area contributed by atoms with Crippen molar-refractivity contribution >= 4 is 34.7 Å². The molecule has 1 saturated heterocycles. The third kappa shape index (κ3) is 4.60. The molecule has 6 nitrogen and oxygen atoms in total. The number of halogens is 1. The Balaban J connectivity index is 1.18. The summed E-state index contributed by atoms with van der Waals surface area (Å²) in [7, 11) is 0. The van der Waals surface area contributed by atoms with Gasteiger partial charge in [0.1, 0.15) is 17.2 Å². The third-order valence-electron chi connectivity index (χ3n) is 5.72. The maximum atomic E-state index is 12.7.